The number of hydrogen-bond donors (Lipinski definition) is 0. The molecule has 3 rings (SSSR count). The number of rotatable bonds is 4. The number of aromatic nitrogens is 3. The van der Waals surface area contributed by atoms with Crippen molar-refractivity contribution >= 4 is 17.5 Å². The fraction of sp³-hybridized carbons (Fsp3) is 0.500. The number of aryl methyl sites for hydroxylation is 1. The van der Waals surface area contributed by atoms with E-state index >= 15 is 0 Å². The largest absolute Gasteiger partial charge is 0.333 e. The molecule has 1 aliphatic carbocycles. The highest BCUT2D eigenvalue weighted by molar-refractivity contribution is 6.30. The van der Waals surface area contributed by atoms with Crippen LogP contribution in [0, 0.1) is 6.92 Å². The van der Waals surface area contributed by atoms with E-state index in [0.717, 1.165) is 18.5 Å². The van der Waals surface area contributed by atoms with Crippen LogP contribution in [0.1, 0.15) is 55.5 Å². The fourth-order valence-corrected chi connectivity index (χ4v) is 3.52. The molecular formula is C18H23ClN4O. The first-order valence-electron chi connectivity index (χ1n) is 8.60. The van der Waals surface area contributed by atoms with E-state index in [1.54, 1.807) is 16.8 Å². The average molecular weight is 347 g/mol. The van der Waals surface area contributed by atoms with Crippen LogP contribution in [0.3, 0.4) is 0 Å². The lowest BCUT2D eigenvalue weighted by Gasteiger charge is -2.32. The van der Waals surface area contributed by atoms with Gasteiger partial charge in [0.2, 0.25) is 5.82 Å². The first kappa shape index (κ1) is 17.0. The normalized spacial score (nSPS) is 15.5. The highest BCUT2D eigenvalue weighted by atomic mass is 35.5. The van der Waals surface area contributed by atoms with Crippen molar-refractivity contribution in [1.29, 1.82) is 0 Å². The van der Waals surface area contributed by atoms with Gasteiger partial charge in [0.15, 0.2) is 0 Å². The van der Waals surface area contributed by atoms with Crippen molar-refractivity contribution in [3.63, 3.8) is 0 Å². The maximum atomic E-state index is 12.9. The lowest BCUT2D eigenvalue weighted by atomic mass is 9.94. The van der Waals surface area contributed by atoms with Crippen molar-refractivity contribution in [3.05, 3.63) is 40.9 Å². The maximum absolute atomic E-state index is 12.9. The van der Waals surface area contributed by atoms with Crippen LogP contribution in [0.15, 0.2) is 24.3 Å². The average Bonchev–Trinajstić information content (AvgIpc) is 2.99. The molecule has 1 aliphatic rings. The second kappa shape index (κ2) is 7.34. The summed E-state index contributed by atoms with van der Waals surface area (Å²) in [5.74, 6) is 0.899. The summed E-state index contributed by atoms with van der Waals surface area (Å²) in [7, 11) is 0. The van der Waals surface area contributed by atoms with Gasteiger partial charge in [-0.15, -0.1) is 5.10 Å². The molecule has 1 aromatic heterocycles. The molecule has 1 amide bonds. The van der Waals surface area contributed by atoms with Crippen molar-refractivity contribution in [2.24, 2.45) is 0 Å². The summed E-state index contributed by atoms with van der Waals surface area (Å²) in [6.07, 6.45) is 5.82. The summed E-state index contributed by atoms with van der Waals surface area (Å²) < 4.78 is 1.69. The van der Waals surface area contributed by atoms with Gasteiger partial charge in [-0.25, -0.2) is 9.67 Å². The molecule has 0 atom stereocenters. The summed E-state index contributed by atoms with van der Waals surface area (Å²) in [6, 6.07) is 7.67. The first-order chi connectivity index (χ1) is 11.6. The monoisotopic (exact) mass is 346 g/mol. The van der Waals surface area contributed by atoms with Gasteiger partial charge in [0.1, 0.15) is 5.82 Å². The summed E-state index contributed by atoms with van der Waals surface area (Å²) in [4.78, 5) is 19.2. The van der Waals surface area contributed by atoms with Crippen molar-refractivity contribution in [3.8, 4) is 5.69 Å². The standard InChI is InChI=1S/C18H23ClN4O/c1-3-22(15-7-5-4-6-8-15)18(24)17-20-13(2)23(21-17)16-11-9-14(19)10-12-16/h9-12,15H,3-8H2,1-2H3. The van der Waals surface area contributed by atoms with Crippen LogP contribution in [-0.4, -0.2) is 38.2 Å². The van der Waals surface area contributed by atoms with Crippen LogP contribution >= 0.6 is 11.6 Å². The van der Waals surface area contributed by atoms with E-state index in [4.69, 9.17) is 11.6 Å². The Balaban J connectivity index is 1.84. The Morgan fingerprint density at radius 3 is 2.54 bits per heavy atom. The van der Waals surface area contributed by atoms with Crippen LogP contribution < -0.4 is 0 Å². The molecule has 5 nitrogen and oxygen atoms in total. The van der Waals surface area contributed by atoms with Gasteiger partial charge >= 0.3 is 0 Å². The third-order valence-electron chi connectivity index (χ3n) is 4.65. The summed E-state index contributed by atoms with van der Waals surface area (Å²) in [6.45, 7) is 4.57. The van der Waals surface area contributed by atoms with E-state index in [-0.39, 0.29) is 11.7 Å². The molecule has 1 heterocycles. The Morgan fingerprint density at radius 2 is 1.92 bits per heavy atom. The van der Waals surface area contributed by atoms with E-state index in [9.17, 15) is 4.79 Å². The second-order valence-corrected chi connectivity index (χ2v) is 6.69. The van der Waals surface area contributed by atoms with E-state index < -0.39 is 0 Å². The maximum Gasteiger partial charge on any atom is 0.293 e. The van der Waals surface area contributed by atoms with Gasteiger partial charge in [0, 0.05) is 17.6 Å². The van der Waals surface area contributed by atoms with Crippen LogP contribution in [0.4, 0.5) is 0 Å². The third kappa shape index (κ3) is 3.46. The van der Waals surface area contributed by atoms with E-state index in [1.807, 2.05) is 30.9 Å². The molecule has 0 saturated heterocycles. The molecule has 0 bridgehead atoms. The number of nitrogens with zero attached hydrogens (tertiary/aromatic N) is 4. The van der Waals surface area contributed by atoms with Gasteiger partial charge in [-0.3, -0.25) is 4.79 Å². The highest BCUT2D eigenvalue weighted by Gasteiger charge is 2.28. The van der Waals surface area contributed by atoms with Gasteiger partial charge in [-0.05, 0) is 51.0 Å². The van der Waals surface area contributed by atoms with Crippen molar-refractivity contribution < 1.29 is 4.79 Å². The minimum absolute atomic E-state index is 0.0692. The number of benzene rings is 1. The predicted octanol–water partition coefficient (Wildman–Crippen LogP) is 4.02. The van der Waals surface area contributed by atoms with E-state index in [1.165, 1.54) is 19.3 Å². The van der Waals surface area contributed by atoms with Crippen LogP contribution in [-0.2, 0) is 0 Å². The van der Waals surface area contributed by atoms with Gasteiger partial charge in [-0.1, -0.05) is 30.9 Å². The number of carbonyl (C=O) groups excluding carboxylic acids is 1. The molecule has 0 N–H and O–H groups in total. The number of halogens is 1. The minimum atomic E-state index is -0.0692. The molecule has 1 saturated carbocycles. The number of hydrogen-bond acceptors (Lipinski definition) is 3. The lowest BCUT2D eigenvalue weighted by molar-refractivity contribution is 0.0635. The quantitative estimate of drug-likeness (QED) is 0.840. The molecule has 24 heavy (non-hydrogen) atoms. The Morgan fingerprint density at radius 1 is 1.25 bits per heavy atom. The van der Waals surface area contributed by atoms with Crippen molar-refractivity contribution in [2.75, 3.05) is 6.54 Å². The summed E-state index contributed by atoms with van der Waals surface area (Å²) in [5.41, 5.74) is 0.851. The molecule has 6 heteroatoms. The Bertz CT molecular complexity index is 704. The number of amides is 1. The molecule has 1 aromatic carbocycles. The minimum Gasteiger partial charge on any atom is -0.333 e. The topological polar surface area (TPSA) is 51.0 Å². The van der Waals surface area contributed by atoms with E-state index in [2.05, 4.69) is 10.1 Å². The van der Waals surface area contributed by atoms with Crippen LogP contribution in [0.2, 0.25) is 5.02 Å². The molecule has 0 aliphatic heterocycles. The van der Waals surface area contributed by atoms with Gasteiger partial charge in [0.05, 0.1) is 5.69 Å². The Hall–Kier alpha value is -1.88. The van der Waals surface area contributed by atoms with Gasteiger partial charge in [-0.2, -0.15) is 0 Å². The highest BCUT2D eigenvalue weighted by Crippen LogP contribution is 2.23. The number of carbonyl (C=O) groups is 1. The molecule has 128 valence electrons. The molecule has 0 unspecified atom stereocenters. The SMILES string of the molecule is CCN(C(=O)c1nc(C)n(-c2ccc(Cl)cc2)n1)C1CCCCC1. The molecule has 0 spiro atoms. The molecular weight excluding hydrogens is 324 g/mol. The first-order valence-corrected chi connectivity index (χ1v) is 8.98. The van der Waals surface area contributed by atoms with Crippen LogP contribution in [0.25, 0.3) is 5.69 Å². The van der Waals surface area contributed by atoms with Gasteiger partial charge < -0.3 is 4.90 Å². The van der Waals surface area contributed by atoms with Crippen LogP contribution in [0.5, 0.6) is 0 Å². The zero-order chi connectivity index (χ0) is 17.1. The predicted molar refractivity (Wildman–Crippen MR) is 94.7 cm³/mol. The van der Waals surface area contributed by atoms with Crippen molar-refractivity contribution in [2.45, 2.75) is 52.0 Å². The Labute approximate surface area is 147 Å². The Kier molecular flexibility index (Phi) is 5.19. The zero-order valence-electron chi connectivity index (χ0n) is 14.2. The summed E-state index contributed by atoms with van der Waals surface area (Å²) >= 11 is 5.93. The smallest absolute Gasteiger partial charge is 0.293 e. The molecule has 1 fully saturated rings. The zero-order valence-corrected chi connectivity index (χ0v) is 15.0. The van der Waals surface area contributed by atoms with E-state index in [0.29, 0.717) is 23.4 Å². The van der Waals surface area contributed by atoms with Gasteiger partial charge in [0.25, 0.3) is 5.91 Å². The molecule has 2 aromatic rings. The molecule has 0 radical (unpaired) electrons. The summed E-state index contributed by atoms with van der Waals surface area (Å²) in [5, 5.41) is 5.11. The third-order valence-corrected chi connectivity index (χ3v) is 4.90. The second-order valence-electron chi connectivity index (χ2n) is 6.25. The fourth-order valence-electron chi connectivity index (χ4n) is 3.40. The lowest BCUT2D eigenvalue weighted by Crippen LogP contribution is -2.41. The van der Waals surface area contributed by atoms with Crippen molar-refractivity contribution in [1.82, 2.24) is 19.7 Å².